The van der Waals surface area contributed by atoms with E-state index in [-0.39, 0.29) is 5.82 Å². The van der Waals surface area contributed by atoms with E-state index in [1.807, 2.05) is 121 Å². The summed E-state index contributed by atoms with van der Waals surface area (Å²) in [6, 6.07) is 36.4. The van der Waals surface area contributed by atoms with Gasteiger partial charge in [-0.25, -0.2) is 9.98 Å². The number of quaternary nitrogens is 2. The van der Waals surface area contributed by atoms with E-state index in [0.717, 1.165) is 67.4 Å². The van der Waals surface area contributed by atoms with Crippen LogP contribution < -0.4 is 9.47 Å². The molecule has 0 aliphatic carbocycles. The van der Waals surface area contributed by atoms with Gasteiger partial charge in [0.15, 0.2) is 5.84 Å². The van der Waals surface area contributed by atoms with E-state index in [4.69, 9.17) is 19.5 Å². The Labute approximate surface area is 318 Å². The summed E-state index contributed by atoms with van der Waals surface area (Å²) in [5.74, 6) is 2.03. The van der Waals surface area contributed by atoms with Crippen molar-refractivity contribution in [2.45, 2.75) is 12.8 Å². The molecule has 6 rings (SSSR count). The molecular formula is C44H51BF2N5O2+. The second-order valence-corrected chi connectivity index (χ2v) is 15.7. The molecule has 0 atom stereocenters. The zero-order chi connectivity index (χ0) is 38.3. The SMILES string of the molecule is C[N+](C)(C)CCCOc1ccc(C2=NC(=Nc3c(-c4ccccc4)cc(-c4ccc(OCCC[N+](C)(C)C)cc4)n3[BH-](F)F)C(c3ccccc3)=C2)cc1. The first-order valence-corrected chi connectivity index (χ1v) is 18.6. The molecular weight excluding hydrogens is 679 g/mol. The minimum absolute atomic E-state index is 0.168. The monoisotopic (exact) mass is 730 g/mol. The number of aromatic nitrogens is 1. The van der Waals surface area contributed by atoms with Gasteiger partial charge in [-0.2, -0.15) is 0 Å². The van der Waals surface area contributed by atoms with Crippen LogP contribution in [0.4, 0.5) is 14.4 Å². The molecule has 4 aromatic carbocycles. The van der Waals surface area contributed by atoms with Gasteiger partial charge < -0.3 is 31.5 Å². The maximum Gasteiger partial charge on any atom is 0.401 e. The number of amidine groups is 1. The Hall–Kier alpha value is -5.32. The highest BCUT2D eigenvalue weighted by molar-refractivity contribution is 6.43. The smallest absolute Gasteiger partial charge is 0.401 e. The van der Waals surface area contributed by atoms with E-state index < -0.39 is 7.40 Å². The highest BCUT2D eigenvalue weighted by atomic mass is 19.2. The number of ether oxygens (including phenoxy) is 2. The van der Waals surface area contributed by atoms with Crippen LogP contribution >= 0.6 is 0 Å². The predicted octanol–water partition coefficient (Wildman–Crippen LogP) is 8.89. The fraction of sp³-hybridized carbons (Fsp3) is 0.273. The zero-order valence-corrected chi connectivity index (χ0v) is 32.3. The lowest BCUT2D eigenvalue weighted by atomic mass is 10.0. The molecule has 0 radical (unpaired) electrons. The summed E-state index contributed by atoms with van der Waals surface area (Å²) >= 11 is 0. The lowest BCUT2D eigenvalue weighted by Crippen LogP contribution is -2.36. The average Bonchev–Trinajstić information content (AvgIpc) is 3.75. The lowest BCUT2D eigenvalue weighted by Gasteiger charge is -2.23. The molecule has 0 fully saturated rings. The molecule has 0 bridgehead atoms. The Bertz CT molecular complexity index is 2100. The molecule has 1 aliphatic heterocycles. The van der Waals surface area contributed by atoms with Crippen LogP contribution in [0.25, 0.3) is 28.0 Å². The van der Waals surface area contributed by atoms with E-state index in [1.165, 1.54) is 0 Å². The fourth-order valence-electron chi connectivity index (χ4n) is 6.44. The molecule has 1 aliphatic rings. The van der Waals surface area contributed by atoms with Gasteiger partial charge in [-0.3, -0.25) is 0 Å². The van der Waals surface area contributed by atoms with Gasteiger partial charge in [-0.15, -0.1) is 0 Å². The standard InChI is InChI=1S/C44H51BF2N5O2/c1-51(2,3)27-13-29-53-37-23-19-35(20-24-37)41-31-39(33-15-9-7-10-16-33)43(48-41)49-44-40(34-17-11-8-12-18-34)32-42(50(44)45(46)47)36-21-25-38(26-22-36)54-30-14-28-52(4,5)6/h7-12,15-26,31-32,45H,13-14,27-30H2,1-6H3/q+1. The van der Waals surface area contributed by atoms with Crippen LogP contribution in [0, 0.1) is 0 Å². The van der Waals surface area contributed by atoms with Gasteiger partial charge >= 0.3 is 7.40 Å². The molecule has 0 spiro atoms. The first-order valence-electron chi connectivity index (χ1n) is 18.6. The van der Waals surface area contributed by atoms with Gasteiger partial charge in [0, 0.05) is 35.2 Å². The van der Waals surface area contributed by atoms with Gasteiger partial charge in [0.25, 0.3) is 0 Å². The molecule has 0 amide bonds. The summed E-state index contributed by atoms with van der Waals surface area (Å²) < 4.78 is 45.7. The maximum absolute atomic E-state index is 15.4. The third-order valence-corrected chi connectivity index (χ3v) is 9.22. The molecule has 280 valence electrons. The van der Waals surface area contributed by atoms with Crippen LogP contribution in [-0.4, -0.2) is 101 Å². The molecule has 7 nitrogen and oxygen atoms in total. The van der Waals surface area contributed by atoms with Crippen molar-refractivity contribution < 1.29 is 27.1 Å². The number of benzene rings is 4. The Morgan fingerprint density at radius 1 is 0.630 bits per heavy atom. The van der Waals surface area contributed by atoms with E-state index in [0.29, 0.717) is 47.3 Å². The molecule has 5 aromatic rings. The number of aliphatic imine (C=N–C) groups is 2. The van der Waals surface area contributed by atoms with E-state index in [2.05, 4.69) is 42.3 Å². The van der Waals surface area contributed by atoms with Gasteiger partial charge in [0.2, 0.25) is 0 Å². The molecule has 0 saturated heterocycles. The largest absolute Gasteiger partial charge is 0.493 e. The number of nitrogens with zero attached hydrogens (tertiary/aromatic N) is 5. The minimum Gasteiger partial charge on any atom is -0.493 e. The van der Waals surface area contributed by atoms with Crippen LogP contribution in [0.3, 0.4) is 0 Å². The third kappa shape index (κ3) is 10.0. The van der Waals surface area contributed by atoms with Crippen LogP contribution in [0.15, 0.2) is 131 Å². The van der Waals surface area contributed by atoms with Crippen LogP contribution in [-0.2, 0) is 0 Å². The second kappa shape index (κ2) is 16.8. The third-order valence-electron chi connectivity index (χ3n) is 9.22. The fourth-order valence-corrected chi connectivity index (χ4v) is 6.44. The predicted molar refractivity (Wildman–Crippen MR) is 221 cm³/mol. The Kier molecular flexibility index (Phi) is 11.9. The Morgan fingerprint density at radius 3 is 1.63 bits per heavy atom. The summed E-state index contributed by atoms with van der Waals surface area (Å²) in [5.41, 5.74) is 5.67. The summed E-state index contributed by atoms with van der Waals surface area (Å²) in [6.07, 6.45) is 3.84. The van der Waals surface area contributed by atoms with Gasteiger partial charge in [0.05, 0.1) is 74.3 Å². The normalized spacial score (nSPS) is 14.1. The van der Waals surface area contributed by atoms with E-state index >= 15 is 8.63 Å². The summed E-state index contributed by atoms with van der Waals surface area (Å²) in [7, 11) is 9.12. The number of halogens is 2. The molecule has 2 heterocycles. The van der Waals surface area contributed by atoms with Gasteiger partial charge in [-0.1, -0.05) is 60.7 Å². The van der Waals surface area contributed by atoms with Crippen molar-refractivity contribution in [3.05, 3.63) is 132 Å². The van der Waals surface area contributed by atoms with Crippen molar-refractivity contribution in [1.82, 2.24) is 4.48 Å². The molecule has 10 heteroatoms. The Balaban J connectivity index is 1.37. The summed E-state index contributed by atoms with van der Waals surface area (Å²) in [4.78, 5) is 10.0. The van der Waals surface area contributed by atoms with Gasteiger partial charge in [-0.05, 0) is 77.4 Å². The first-order chi connectivity index (χ1) is 25.8. The summed E-state index contributed by atoms with van der Waals surface area (Å²) in [5, 5.41) is 0. The zero-order valence-electron chi connectivity index (χ0n) is 32.3. The van der Waals surface area contributed by atoms with Crippen LogP contribution in [0.5, 0.6) is 11.5 Å². The minimum atomic E-state index is -3.84. The van der Waals surface area contributed by atoms with Crippen molar-refractivity contribution in [3.63, 3.8) is 0 Å². The highest BCUT2D eigenvalue weighted by Gasteiger charge is 2.24. The molecule has 0 N–H and O–H groups in total. The molecule has 0 saturated carbocycles. The van der Waals surface area contributed by atoms with Crippen LogP contribution in [0.2, 0.25) is 0 Å². The Morgan fingerprint density at radius 2 is 1.13 bits per heavy atom. The number of rotatable bonds is 16. The second-order valence-electron chi connectivity index (χ2n) is 15.7. The quantitative estimate of drug-likeness (QED) is 0.0579. The molecule has 1 aromatic heterocycles. The summed E-state index contributed by atoms with van der Waals surface area (Å²) in [6.45, 7) is 3.23. The molecule has 0 unspecified atom stereocenters. The number of hydrogen-bond donors (Lipinski definition) is 0. The van der Waals surface area contributed by atoms with E-state index in [1.54, 1.807) is 0 Å². The maximum atomic E-state index is 15.4. The van der Waals surface area contributed by atoms with Gasteiger partial charge in [0.1, 0.15) is 17.3 Å². The van der Waals surface area contributed by atoms with Crippen molar-refractivity contribution in [3.8, 4) is 33.9 Å². The number of allylic oxidation sites excluding steroid dienone is 1. The lowest BCUT2D eigenvalue weighted by molar-refractivity contribution is -0.870. The van der Waals surface area contributed by atoms with Crippen molar-refractivity contribution >= 4 is 30.3 Å². The molecule has 54 heavy (non-hydrogen) atoms. The van der Waals surface area contributed by atoms with Crippen molar-refractivity contribution in [2.75, 3.05) is 68.6 Å². The topological polar surface area (TPSA) is 48.1 Å². The number of hydrogen-bond acceptors (Lipinski definition) is 3. The van der Waals surface area contributed by atoms with Crippen molar-refractivity contribution in [1.29, 1.82) is 0 Å². The van der Waals surface area contributed by atoms with Crippen molar-refractivity contribution in [2.24, 2.45) is 9.98 Å². The highest BCUT2D eigenvalue weighted by Crippen LogP contribution is 2.41. The van der Waals surface area contributed by atoms with E-state index in [9.17, 15) is 0 Å². The van der Waals surface area contributed by atoms with Crippen LogP contribution in [0.1, 0.15) is 24.0 Å². The average molecular weight is 731 g/mol. The first kappa shape index (κ1) is 38.4.